The Bertz CT molecular complexity index is 508. The predicted octanol–water partition coefficient (Wildman–Crippen LogP) is 1.25. The van der Waals surface area contributed by atoms with E-state index in [-0.39, 0.29) is 11.1 Å². The number of pyridine rings is 1. The molecule has 1 N–H and O–H groups in total. The molecule has 0 saturated carbocycles. The normalized spacial score (nSPS) is 9.67. The summed E-state index contributed by atoms with van der Waals surface area (Å²) in [6.07, 6.45) is -2.46. The van der Waals surface area contributed by atoms with E-state index in [9.17, 15) is 13.6 Å². The Balaban J connectivity index is 3.54. The summed E-state index contributed by atoms with van der Waals surface area (Å²) in [5, 5.41) is 16.9. The van der Waals surface area contributed by atoms with Crippen LogP contribution in [0.5, 0.6) is 0 Å². The summed E-state index contributed by atoms with van der Waals surface area (Å²) >= 11 is 0. The number of hydrogen-bond acceptors (Lipinski definition) is 3. The molecule has 0 aromatic carbocycles. The van der Waals surface area contributed by atoms with Crippen LogP contribution in [-0.2, 0) is 6.42 Å². The quantitative estimate of drug-likeness (QED) is 0.795. The van der Waals surface area contributed by atoms with Crippen LogP contribution in [0, 0.1) is 22.7 Å². The van der Waals surface area contributed by atoms with Crippen LogP contribution in [0.2, 0.25) is 0 Å². The smallest absolute Gasteiger partial charge is 0.265 e. The van der Waals surface area contributed by atoms with Gasteiger partial charge in [0.2, 0.25) is 0 Å². The lowest BCUT2D eigenvalue weighted by molar-refractivity contribution is 0.150. The molecule has 0 aliphatic carbocycles. The minimum absolute atomic E-state index is 0.310. The monoisotopic (exact) mass is 209 g/mol. The molecule has 0 unspecified atom stereocenters. The molecule has 1 aromatic rings. The Morgan fingerprint density at radius 2 is 2.13 bits per heavy atom. The van der Waals surface area contributed by atoms with Crippen molar-refractivity contribution in [3.63, 3.8) is 0 Å². The first kappa shape index (κ1) is 10.9. The first-order valence-electron chi connectivity index (χ1n) is 3.91. The number of aromatic nitrogens is 1. The van der Waals surface area contributed by atoms with Gasteiger partial charge in [0.05, 0.1) is 18.1 Å². The van der Waals surface area contributed by atoms with Crippen molar-refractivity contribution in [2.24, 2.45) is 0 Å². The van der Waals surface area contributed by atoms with Gasteiger partial charge in [-0.1, -0.05) is 0 Å². The maximum absolute atomic E-state index is 12.6. The van der Waals surface area contributed by atoms with Gasteiger partial charge < -0.3 is 4.98 Å². The lowest BCUT2D eigenvalue weighted by Crippen LogP contribution is -2.16. The molecule has 0 bridgehead atoms. The lowest BCUT2D eigenvalue weighted by atomic mass is 10.0. The summed E-state index contributed by atoms with van der Waals surface area (Å²) in [5.41, 5.74) is -2.06. The van der Waals surface area contributed by atoms with Crippen molar-refractivity contribution in [1.29, 1.82) is 10.5 Å². The third-order valence-corrected chi connectivity index (χ3v) is 1.83. The highest BCUT2D eigenvalue weighted by atomic mass is 19.3. The van der Waals surface area contributed by atoms with Crippen LogP contribution in [-0.4, -0.2) is 4.98 Å². The number of nitriles is 2. The van der Waals surface area contributed by atoms with Gasteiger partial charge in [0.15, 0.2) is 0 Å². The van der Waals surface area contributed by atoms with Crippen LogP contribution in [0.4, 0.5) is 8.78 Å². The number of nitrogens with zero attached hydrogens (tertiary/aromatic N) is 2. The molecular formula is C9H5F2N3O. The number of nitrogens with one attached hydrogen (secondary N) is 1. The molecular weight excluding hydrogens is 204 g/mol. The molecule has 0 spiro atoms. The van der Waals surface area contributed by atoms with E-state index in [1.165, 1.54) is 0 Å². The van der Waals surface area contributed by atoms with Crippen molar-refractivity contribution >= 4 is 0 Å². The van der Waals surface area contributed by atoms with Gasteiger partial charge in [0, 0.05) is 17.3 Å². The highest BCUT2D eigenvalue weighted by Crippen LogP contribution is 2.24. The van der Waals surface area contributed by atoms with Crippen LogP contribution in [0.1, 0.15) is 23.1 Å². The molecule has 0 aliphatic rings. The molecule has 6 heteroatoms. The van der Waals surface area contributed by atoms with Crippen molar-refractivity contribution in [3.05, 3.63) is 33.2 Å². The zero-order chi connectivity index (χ0) is 11.4. The molecule has 15 heavy (non-hydrogen) atoms. The van der Waals surface area contributed by atoms with Gasteiger partial charge in [-0.05, 0) is 0 Å². The van der Waals surface area contributed by atoms with Crippen LogP contribution in [0.25, 0.3) is 0 Å². The van der Waals surface area contributed by atoms with Gasteiger partial charge in [-0.15, -0.1) is 0 Å². The van der Waals surface area contributed by atoms with Crippen LogP contribution in [0.3, 0.4) is 0 Å². The Kier molecular flexibility index (Phi) is 3.14. The average Bonchev–Trinajstić information content (AvgIpc) is 2.20. The van der Waals surface area contributed by atoms with E-state index in [1.54, 1.807) is 12.1 Å². The zero-order valence-electron chi connectivity index (χ0n) is 7.42. The average molecular weight is 209 g/mol. The minimum Gasteiger partial charge on any atom is -0.327 e. The highest BCUT2D eigenvalue weighted by Gasteiger charge is 2.20. The highest BCUT2D eigenvalue weighted by molar-refractivity contribution is 5.41. The molecule has 1 rings (SSSR count). The van der Waals surface area contributed by atoms with Gasteiger partial charge >= 0.3 is 0 Å². The summed E-state index contributed by atoms with van der Waals surface area (Å²) in [7, 11) is 0. The van der Waals surface area contributed by atoms with Crippen LogP contribution in [0.15, 0.2) is 11.0 Å². The lowest BCUT2D eigenvalue weighted by Gasteiger charge is -2.06. The molecule has 1 heterocycles. The van der Waals surface area contributed by atoms with E-state index in [4.69, 9.17) is 10.5 Å². The second kappa shape index (κ2) is 4.34. The predicted molar refractivity (Wildman–Crippen MR) is 46.1 cm³/mol. The molecule has 0 aliphatic heterocycles. The first-order chi connectivity index (χ1) is 7.11. The number of alkyl halides is 2. The van der Waals surface area contributed by atoms with Crippen LogP contribution >= 0.6 is 0 Å². The molecule has 76 valence electrons. The van der Waals surface area contributed by atoms with E-state index >= 15 is 0 Å². The summed E-state index contributed by atoms with van der Waals surface area (Å²) in [4.78, 5) is 13.3. The van der Waals surface area contributed by atoms with E-state index in [0.717, 1.165) is 6.20 Å². The van der Waals surface area contributed by atoms with E-state index in [2.05, 4.69) is 4.98 Å². The Morgan fingerprint density at radius 1 is 1.47 bits per heavy atom. The maximum atomic E-state index is 12.6. The minimum atomic E-state index is -2.94. The Hall–Kier alpha value is -2.21. The number of hydrogen-bond donors (Lipinski definition) is 1. The van der Waals surface area contributed by atoms with Gasteiger partial charge in [-0.2, -0.15) is 10.5 Å². The summed E-state index contributed by atoms with van der Waals surface area (Å²) in [6.45, 7) is 0. The number of H-pyrrole nitrogens is 1. The maximum Gasteiger partial charge on any atom is 0.265 e. The van der Waals surface area contributed by atoms with Gasteiger partial charge in [-0.3, -0.25) is 4.79 Å². The zero-order valence-corrected chi connectivity index (χ0v) is 7.42. The molecule has 0 radical (unpaired) electrons. The van der Waals surface area contributed by atoms with Crippen molar-refractivity contribution in [1.82, 2.24) is 4.98 Å². The van der Waals surface area contributed by atoms with Crippen molar-refractivity contribution < 1.29 is 8.78 Å². The van der Waals surface area contributed by atoms with Crippen LogP contribution < -0.4 is 5.56 Å². The van der Waals surface area contributed by atoms with Crippen molar-refractivity contribution in [2.75, 3.05) is 0 Å². The van der Waals surface area contributed by atoms with Gasteiger partial charge in [0.1, 0.15) is 6.07 Å². The summed E-state index contributed by atoms with van der Waals surface area (Å²) in [6, 6.07) is 3.15. The third-order valence-electron chi connectivity index (χ3n) is 1.83. The van der Waals surface area contributed by atoms with Crippen molar-refractivity contribution in [3.8, 4) is 12.1 Å². The molecule has 0 fully saturated rings. The fourth-order valence-electron chi connectivity index (χ4n) is 1.18. The summed E-state index contributed by atoms with van der Waals surface area (Å²) in [5.74, 6) is 0. The first-order valence-corrected chi connectivity index (χ1v) is 3.91. The van der Waals surface area contributed by atoms with Gasteiger partial charge in [-0.25, -0.2) is 8.78 Å². The van der Waals surface area contributed by atoms with Crippen molar-refractivity contribution in [2.45, 2.75) is 12.8 Å². The SMILES string of the molecule is N#CCc1c(C(F)F)c(C#N)c[nH]c1=O. The van der Waals surface area contributed by atoms with Gasteiger partial charge in [0.25, 0.3) is 12.0 Å². The Morgan fingerprint density at radius 3 is 2.60 bits per heavy atom. The van der Waals surface area contributed by atoms with E-state index < -0.39 is 24.0 Å². The largest absolute Gasteiger partial charge is 0.327 e. The molecule has 4 nitrogen and oxygen atoms in total. The molecule has 1 aromatic heterocycles. The number of halogens is 2. The number of rotatable bonds is 2. The van der Waals surface area contributed by atoms with E-state index in [0.29, 0.717) is 0 Å². The fraction of sp³-hybridized carbons (Fsp3) is 0.222. The molecule has 0 atom stereocenters. The fourth-order valence-corrected chi connectivity index (χ4v) is 1.18. The van der Waals surface area contributed by atoms with E-state index in [1.807, 2.05) is 0 Å². The topological polar surface area (TPSA) is 80.4 Å². The standard InChI is InChI=1S/C9H5F2N3O/c10-8(11)7-5(3-13)4-14-9(15)6(7)1-2-12/h4,8H,1H2,(H,14,15). The second-order valence-corrected chi connectivity index (χ2v) is 2.67. The number of aromatic amines is 1. The second-order valence-electron chi connectivity index (χ2n) is 2.67. The summed E-state index contributed by atoms with van der Waals surface area (Å²) < 4.78 is 25.1. The Labute approximate surface area is 83.4 Å². The third kappa shape index (κ3) is 2.00. The molecule has 0 saturated heterocycles. The molecule has 0 amide bonds.